The highest BCUT2D eigenvalue weighted by Crippen LogP contribution is 2.19. The van der Waals surface area contributed by atoms with E-state index < -0.39 is 17.2 Å². The minimum atomic E-state index is -2.84. The average Bonchev–Trinajstić information content (AvgIpc) is 3.25. The number of rotatable bonds is 7. The van der Waals surface area contributed by atoms with E-state index in [0.29, 0.717) is 17.3 Å². The molecule has 0 aliphatic heterocycles. The lowest BCUT2D eigenvalue weighted by Crippen LogP contribution is -1.99. The van der Waals surface area contributed by atoms with E-state index in [0.717, 1.165) is 4.68 Å². The van der Waals surface area contributed by atoms with Crippen LogP contribution < -0.4 is 4.74 Å². The van der Waals surface area contributed by atoms with Gasteiger partial charge in [0.2, 0.25) is 10.6 Å². The summed E-state index contributed by atoms with van der Waals surface area (Å²) < 4.78 is 37.2. The minimum absolute atomic E-state index is 0.0418. The van der Waals surface area contributed by atoms with Crippen molar-refractivity contribution in [3.63, 3.8) is 0 Å². The highest BCUT2D eigenvalue weighted by atomic mass is 32.1. The van der Waals surface area contributed by atoms with Crippen molar-refractivity contribution in [1.29, 1.82) is 0 Å². The van der Waals surface area contributed by atoms with Gasteiger partial charge in [-0.3, -0.25) is 10.1 Å². The number of H-pyrrole nitrogens is 1. The second kappa shape index (κ2) is 7.86. The van der Waals surface area contributed by atoms with Crippen molar-refractivity contribution < 1.29 is 22.9 Å². The third-order valence-corrected chi connectivity index (χ3v) is 3.55. The number of halogens is 2. The maximum Gasteiger partial charge on any atom is 0.299 e. The number of hydrogen-bond donors (Lipinski definition) is 1. The summed E-state index contributed by atoms with van der Waals surface area (Å²) in [6, 6.07) is 8.78. The first-order valence-corrected chi connectivity index (χ1v) is 7.80. The molecule has 0 radical (unpaired) electrons. The molecule has 9 nitrogen and oxygen atoms in total. The van der Waals surface area contributed by atoms with E-state index >= 15 is 0 Å². The summed E-state index contributed by atoms with van der Waals surface area (Å²) in [6.07, 6.45) is -1.62. The van der Waals surface area contributed by atoms with Crippen LogP contribution in [-0.2, 0) is 6.61 Å². The maximum absolute atomic E-state index is 12.8. The Balaban J connectivity index is 1.64. The Kier molecular flexibility index (Phi) is 5.35. The van der Waals surface area contributed by atoms with Gasteiger partial charge in [0.05, 0.1) is 11.1 Å². The van der Waals surface area contributed by atoms with Crippen molar-refractivity contribution in [3.8, 4) is 5.75 Å². The molecule has 0 bridgehead atoms. The van der Waals surface area contributed by atoms with Gasteiger partial charge < -0.3 is 9.15 Å². The molecule has 0 aliphatic rings. The van der Waals surface area contributed by atoms with Crippen LogP contribution in [-0.4, -0.2) is 26.0 Å². The third-order valence-electron chi connectivity index (χ3n) is 3.28. The maximum atomic E-state index is 12.8. The van der Waals surface area contributed by atoms with E-state index in [-0.39, 0.29) is 17.1 Å². The average molecular weight is 395 g/mol. The van der Waals surface area contributed by atoms with Gasteiger partial charge in [-0.2, -0.15) is 14.9 Å². The molecule has 1 aromatic carbocycles. The molecular formula is C15H11F2N5O4S. The molecule has 0 fully saturated rings. The lowest BCUT2D eigenvalue weighted by atomic mass is 10.3. The molecule has 0 spiro atoms. The fourth-order valence-corrected chi connectivity index (χ4v) is 2.22. The fraction of sp³-hybridized carbons (Fsp3) is 0.133. The van der Waals surface area contributed by atoms with Crippen molar-refractivity contribution in [2.45, 2.75) is 13.0 Å². The van der Waals surface area contributed by atoms with Gasteiger partial charge in [0.15, 0.2) is 0 Å². The monoisotopic (exact) mass is 395 g/mol. The Bertz CT molecular complexity index is 1030. The van der Waals surface area contributed by atoms with Crippen molar-refractivity contribution in [2.75, 3.05) is 0 Å². The van der Waals surface area contributed by atoms with Crippen molar-refractivity contribution >= 4 is 24.1 Å². The van der Waals surface area contributed by atoms with Crippen LogP contribution in [0.3, 0.4) is 0 Å². The second-order valence-electron chi connectivity index (χ2n) is 5.09. The van der Waals surface area contributed by atoms with E-state index in [4.69, 9.17) is 21.4 Å². The van der Waals surface area contributed by atoms with E-state index in [1.807, 2.05) is 0 Å². The number of nitrogens with zero attached hydrogens (tertiary/aromatic N) is 4. The summed E-state index contributed by atoms with van der Waals surface area (Å²) in [5, 5.41) is 20.1. The number of nitro groups is 1. The van der Waals surface area contributed by atoms with Crippen LogP contribution in [0.4, 0.5) is 14.5 Å². The van der Waals surface area contributed by atoms with E-state index in [2.05, 4.69) is 15.3 Å². The molecular weight excluding hydrogens is 384 g/mol. The summed E-state index contributed by atoms with van der Waals surface area (Å²) in [5.41, 5.74) is -0.0418. The minimum Gasteiger partial charge on any atom is -0.486 e. The van der Waals surface area contributed by atoms with Gasteiger partial charge >= 0.3 is 0 Å². The van der Waals surface area contributed by atoms with Crippen LogP contribution in [0, 0.1) is 14.9 Å². The normalized spacial score (nSPS) is 11.4. The Hall–Kier alpha value is -3.41. The summed E-state index contributed by atoms with van der Waals surface area (Å²) >= 11 is 4.84. The zero-order valence-corrected chi connectivity index (χ0v) is 14.2. The molecule has 27 heavy (non-hydrogen) atoms. The predicted octanol–water partition coefficient (Wildman–Crippen LogP) is 3.84. The number of benzene rings is 1. The Morgan fingerprint density at radius 3 is 2.78 bits per heavy atom. The number of aromatic nitrogens is 3. The number of nitrogens with one attached hydrogen (secondary N) is 1. The Labute approximate surface area is 155 Å². The Morgan fingerprint density at radius 1 is 1.37 bits per heavy atom. The number of ether oxygens (including phenoxy) is 1. The van der Waals surface area contributed by atoms with Gasteiger partial charge in [-0.15, -0.1) is 0 Å². The van der Waals surface area contributed by atoms with Crippen molar-refractivity contribution in [3.05, 3.63) is 68.6 Å². The number of hydrogen-bond acceptors (Lipinski definition) is 7. The molecule has 0 amide bonds. The smallest absolute Gasteiger partial charge is 0.299 e. The zero-order valence-electron chi connectivity index (χ0n) is 13.4. The van der Waals surface area contributed by atoms with Crippen molar-refractivity contribution in [2.24, 2.45) is 5.10 Å². The number of non-ortho nitro benzene ring substituents is 1. The molecule has 0 saturated carbocycles. The molecule has 0 unspecified atom stereocenters. The predicted molar refractivity (Wildman–Crippen MR) is 91.5 cm³/mol. The first kappa shape index (κ1) is 18.4. The highest BCUT2D eigenvalue weighted by molar-refractivity contribution is 7.71. The van der Waals surface area contributed by atoms with E-state index in [1.54, 1.807) is 12.1 Å². The van der Waals surface area contributed by atoms with Crippen LogP contribution in [0.5, 0.6) is 5.75 Å². The van der Waals surface area contributed by atoms with E-state index in [1.165, 1.54) is 30.5 Å². The zero-order chi connectivity index (χ0) is 19.4. The molecule has 3 aromatic rings. The Morgan fingerprint density at radius 2 is 2.11 bits per heavy atom. The van der Waals surface area contributed by atoms with Gasteiger partial charge in [-0.1, -0.05) is 0 Å². The van der Waals surface area contributed by atoms with Gasteiger partial charge in [0, 0.05) is 12.1 Å². The quantitative estimate of drug-likeness (QED) is 0.282. The lowest BCUT2D eigenvalue weighted by Gasteiger charge is -2.03. The standard InChI is InChI=1S/C15H11F2N5O4S/c16-13(17)14-19-20-15(27)21(14)18-7-11-5-6-12(26-11)8-25-10-3-1-9(2-4-10)22(23)24/h1-7,13H,8H2,(H,20,27). The molecule has 0 aliphatic carbocycles. The topological polar surface area (TPSA) is 111 Å². The third kappa shape index (κ3) is 4.41. The summed E-state index contributed by atoms with van der Waals surface area (Å²) in [6.45, 7) is 0.0685. The first-order valence-electron chi connectivity index (χ1n) is 7.40. The molecule has 1 N–H and O–H groups in total. The van der Waals surface area contributed by atoms with Crippen LogP contribution in [0.25, 0.3) is 0 Å². The molecule has 0 atom stereocenters. The summed E-state index contributed by atoms with van der Waals surface area (Å²) in [5.74, 6) is 0.559. The first-order chi connectivity index (χ1) is 12.9. The summed E-state index contributed by atoms with van der Waals surface area (Å²) in [4.78, 5) is 10.1. The van der Waals surface area contributed by atoms with Gasteiger partial charge in [-0.05, 0) is 36.5 Å². The molecule has 2 aromatic heterocycles. The van der Waals surface area contributed by atoms with Gasteiger partial charge in [0.1, 0.15) is 23.9 Å². The van der Waals surface area contributed by atoms with Crippen LogP contribution in [0.2, 0.25) is 0 Å². The van der Waals surface area contributed by atoms with Gasteiger partial charge in [-0.25, -0.2) is 13.9 Å². The number of nitro benzene ring substituents is 1. The molecule has 140 valence electrons. The molecule has 2 heterocycles. The second-order valence-corrected chi connectivity index (χ2v) is 5.47. The molecule has 3 rings (SSSR count). The van der Waals surface area contributed by atoms with Crippen LogP contribution in [0.15, 0.2) is 45.9 Å². The number of aromatic amines is 1. The SMILES string of the molecule is O=[N+]([O-])c1ccc(OCc2ccc(C=Nn3c(C(F)F)n[nH]c3=S)o2)cc1. The summed E-state index contributed by atoms with van der Waals surface area (Å²) in [7, 11) is 0. The fourth-order valence-electron chi connectivity index (χ4n) is 2.03. The van der Waals surface area contributed by atoms with E-state index in [9.17, 15) is 18.9 Å². The molecule has 12 heteroatoms. The van der Waals surface area contributed by atoms with Crippen LogP contribution in [0.1, 0.15) is 23.8 Å². The number of alkyl halides is 2. The number of furan rings is 1. The lowest BCUT2D eigenvalue weighted by molar-refractivity contribution is -0.384. The molecule has 0 saturated heterocycles. The van der Waals surface area contributed by atoms with Gasteiger partial charge in [0.25, 0.3) is 12.1 Å². The van der Waals surface area contributed by atoms with Crippen LogP contribution >= 0.6 is 12.2 Å². The highest BCUT2D eigenvalue weighted by Gasteiger charge is 2.16. The van der Waals surface area contributed by atoms with Crippen molar-refractivity contribution in [1.82, 2.24) is 14.9 Å². The largest absolute Gasteiger partial charge is 0.486 e.